The first-order valence-electron chi connectivity index (χ1n) is 6.57. The van der Waals surface area contributed by atoms with Crippen LogP contribution in [0, 0.1) is 0 Å². The van der Waals surface area contributed by atoms with Gasteiger partial charge in [0.1, 0.15) is 11.8 Å². The zero-order valence-electron chi connectivity index (χ0n) is 11.2. The van der Waals surface area contributed by atoms with Crippen molar-refractivity contribution in [1.82, 2.24) is 4.90 Å². The molecule has 1 atom stereocenters. The van der Waals surface area contributed by atoms with E-state index in [0.29, 0.717) is 13.0 Å². The van der Waals surface area contributed by atoms with E-state index in [1.165, 1.54) is 29.2 Å². The van der Waals surface area contributed by atoms with Crippen molar-refractivity contribution in [2.75, 3.05) is 6.54 Å². The Kier molecular flexibility index (Phi) is 4.72. The van der Waals surface area contributed by atoms with Crippen molar-refractivity contribution in [3.05, 3.63) is 29.8 Å². The average Bonchev–Trinajstić information content (AvgIpc) is 2.46. The van der Waals surface area contributed by atoms with Crippen molar-refractivity contribution < 1.29 is 28.2 Å². The first-order valence-corrected chi connectivity index (χ1v) is 6.57. The van der Waals surface area contributed by atoms with Gasteiger partial charge in [0.15, 0.2) is 0 Å². The minimum Gasteiger partial charge on any atom is -0.480 e. The van der Waals surface area contributed by atoms with Crippen LogP contribution in [0.5, 0.6) is 5.75 Å². The summed E-state index contributed by atoms with van der Waals surface area (Å²) >= 11 is 0. The number of alkyl halides is 2. The van der Waals surface area contributed by atoms with Crippen molar-refractivity contribution in [3.63, 3.8) is 0 Å². The Balaban J connectivity index is 2.12. The summed E-state index contributed by atoms with van der Waals surface area (Å²) in [6.45, 7) is -2.55. The van der Waals surface area contributed by atoms with Gasteiger partial charge in [-0.3, -0.25) is 4.79 Å². The number of carbonyl (C=O) groups is 2. The summed E-state index contributed by atoms with van der Waals surface area (Å²) in [4.78, 5) is 24.8. The highest BCUT2D eigenvalue weighted by molar-refractivity contribution is 5.96. The molecule has 1 aromatic carbocycles. The van der Waals surface area contributed by atoms with Crippen LogP contribution in [0.15, 0.2) is 24.3 Å². The SMILES string of the molecule is O=C(O)C1CCCCN1C(=O)c1ccc(OC(F)F)cc1. The van der Waals surface area contributed by atoms with Gasteiger partial charge >= 0.3 is 12.6 Å². The van der Waals surface area contributed by atoms with Gasteiger partial charge in [-0.15, -0.1) is 0 Å². The molecule has 1 unspecified atom stereocenters. The van der Waals surface area contributed by atoms with E-state index in [1.54, 1.807) is 0 Å². The summed E-state index contributed by atoms with van der Waals surface area (Å²) in [5, 5.41) is 9.15. The molecule has 0 aromatic heterocycles. The minimum absolute atomic E-state index is 0.0463. The van der Waals surface area contributed by atoms with Gasteiger partial charge in [-0.05, 0) is 43.5 Å². The highest BCUT2D eigenvalue weighted by atomic mass is 19.3. The molecule has 2 rings (SSSR count). The van der Waals surface area contributed by atoms with Gasteiger partial charge in [-0.1, -0.05) is 0 Å². The molecule has 5 nitrogen and oxygen atoms in total. The van der Waals surface area contributed by atoms with E-state index in [9.17, 15) is 18.4 Å². The second-order valence-electron chi connectivity index (χ2n) is 4.75. The molecule has 1 fully saturated rings. The van der Waals surface area contributed by atoms with Crippen molar-refractivity contribution in [3.8, 4) is 5.75 Å². The van der Waals surface area contributed by atoms with Gasteiger partial charge in [-0.25, -0.2) is 4.79 Å². The van der Waals surface area contributed by atoms with Crippen LogP contribution in [-0.4, -0.2) is 41.1 Å². The standard InChI is InChI=1S/C14H15F2NO4/c15-14(16)21-10-6-4-9(5-7-10)12(18)17-8-2-1-3-11(17)13(19)20/h4-7,11,14H,1-3,8H2,(H,19,20). The first-order chi connectivity index (χ1) is 9.99. The molecule has 114 valence electrons. The molecule has 21 heavy (non-hydrogen) atoms. The largest absolute Gasteiger partial charge is 0.480 e. The number of nitrogens with zero attached hydrogens (tertiary/aromatic N) is 1. The zero-order valence-corrected chi connectivity index (χ0v) is 11.2. The summed E-state index contributed by atoms with van der Waals surface area (Å²) in [6, 6.07) is 4.41. The third-order valence-corrected chi connectivity index (χ3v) is 3.38. The van der Waals surface area contributed by atoms with Crippen molar-refractivity contribution in [1.29, 1.82) is 0 Å². The number of amides is 1. The van der Waals surface area contributed by atoms with Crippen LogP contribution in [0.25, 0.3) is 0 Å². The second-order valence-corrected chi connectivity index (χ2v) is 4.75. The Morgan fingerprint density at radius 2 is 1.90 bits per heavy atom. The van der Waals surface area contributed by atoms with Gasteiger partial charge < -0.3 is 14.7 Å². The molecule has 0 spiro atoms. The predicted octanol–water partition coefficient (Wildman–Crippen LogP) is 2.37. The third-order valence-electron chi connectivity index (χ3n) is 3.38. The summed E-state index contributed by atoms with van der Waals surface area (Å²) in [7, 11) is 0. The molecule has 1 aliphatic heterocycles. The molecule has 1 aliphatic rings. The predicted molar refractivity (Wildman–Crippen MR) is 69.4 cm³/mol. The maximum absolute atomic E-state index is 12.3. The van der Waals surface area contributed by atoms with Crippen LogP contribution in [0.1, 0.15) is 29.6 Å². The van der Waals surface area contributed by atoms with Crippen molar-refractivity contribution in [2.24, 2.45) is 0 Å². The van der Waals surface area contributed by atoms with E-state index in [-0.39, 0.29) is 11.3 Å². The lowest BCUT2D eigenvalue weighted by Crippen LogP contribution is -2.47. The Morgan fingerprint density at radius 1 is 1.24 bits per heavy atom. The van der Waals surface area contributed by atoms with E-state index >= 15 is 0 Å². The third kappa shape index (κ3) is 3.68. The summed E-state index contributed by atoms with van der Waals surface area (Å²) in [5.41, 5.74) is 0.254. The Labute approximate surface area is 120 Å². The van der Waals surface area contributed by atoms with Gasteiger partial charge in [0.05, 0.1) is 0 Å². The van der Waals surface area contributed by atoms with E-state index in [1.807, 2.05) is 0 Å². The number of piperidine rings is 1. The lowest BCUT2D eigenvalue weighted by Gasteiger charge is -2.33. The molecule has 7 heteroatoms. The number of carboxylic acids is 1. The van der Waals surface area contributed by atoms with Crippen LogP contribution in [0.3, 0.4) is 0 Å². The number of hydrogen-bond donors (Lipinski definition) is 1. The molecule has 1 aromatic rings. The lowest BCUT2D eigenvalue weighted by molar-refractivity contribution is -0.143. The zero-order chi connectivity index (χ0) is 15.4. The molecule has 0 bridgehead atoms. The summed E-state index contributed by atoms with van der Waals surface area (Å²) in [6.07, 6.45) is 1.94. The van der Waals surface area contributed by atoms with Gasteiger partial charge in [-0.2, -0.15) is 8.78 Å². The number of aliphatic carboxylic acids is 1. The first kappa shape index (κ1) is 15.2. The van der Waals surface area contributed by atoms with E-state index in [4.69, 9.17) is 5.11 Å². The van der Waals surface area contributed by atoms with E-state index in [0.717, 1.165) is 12.8 Å². The van der Waals surface area contributed by atoms with Crippen LogP contribution < -0.4 is 4.74 Å². The van der Waals surface area contributed by atoms with Crippen molar-refractivity contribution in [2.45, 2.75) is 31.9 Å². The van der Waals surface area contributed by atoms with E-state index < -0.39 is 24.5 Å². The monoisotopic (exact) mass is 299 g/mol. The Hall–Kier alpha value is -2.18. The van der Waals surface area contributed by atoms with Crippen LogP contribution in [0.2, 0.25) is 0 Å². The topological polar surface area (TPSA) is 66.8 Å². The normalized spacial score (nSPS) is 18.6. The van der Waals surface area contributed by atoms with Crippen LogP contribution >= 0.6 is 0 Å². The Morgan fingerprint density at radius 3 is 2.48 bits per heavy atom. The molecule has 1 N–H and O–H groups in total. The fraction of sp³-hybridized carbons (Fsp3) is 0.429. The number of carboxylic acid groups (broad SMARTS) is 1. The fourth-order valence-electron chi connectivity index (χ4n) is 2.38. The molecule has 0 radical (unpaired) electrons. The molecule has 0 saturated carbocycles. The minimum atomic E-state index is -2.93. The number of ether oxygens (including phenoxy) is 1. The van der Waals surface area contributed by atoms with Gasteiger partial charge in [0.25, 0.3) is 5.91 Å². The molecular weight excluding hydrogens is 284 g/mol. The fourth-order valence-corrected chi connectivity index (χ4v) is 2.38. The summed E-state index contributed by atoms with van der Waals surface area (Å²) < 4.78 is 28.3. The van der Waals surface area contributed by atoms with E-state index in [2.05, 4.69) is 4.74 Å². The van der Waals surface area contributed by atoms with Gasteiger partial charge in [0, 0.05) is 12.1 Å². The number of halogens is 2. The summed E-state index contributed by atoms with van der Waals surface area (Å²) in [5.74, 6) is -1.48. The molecular formula is C14H15F2NO4. The van der Waals surface area contributed by atoms with Crippen molar-refractivity contribution >= 4 is 11.9 Å². The average molecular weight is 299 g/mol. The molecule has 1 heterocycles. The smallest absolute Gasteiger partial charge is 0.387 e. The molecule has 0 aliphatic carbocycles. The quantitative estimate of drug-likeness (QED) is 0.927. The maximum Gasteiger partial charge on any atom is 0.387 e. The number of hydrogen-bond acceptors (Lipinski definition) is 3. The molecule has 1 saturated heterocycles. The maximum atomic E-state index is 12.3. The Bertz CT molecular complexity index is 518. The number of rotatable bonds is 4. The highest BCUT2D eigenvalue weighted by Crippen LogP contribution is 2.21. The van der Waals surface area contributed by atoms with Gasteiger partial charge in [0.2, 0.25) is 0 Å². The highest BCUT2D eigenvalue weighted by Gasteiger charge is 2.32. The lowest BCUT2D eigenvalue weighted by atomic mass is 10.0. The second kappa shape index (κ2) is 6.51. The van der Waals surface area contributed by atoms with Crippen LogP contribution in [-0.2, 0) is 4.79 Å². The number of benzene rings is 1. The number of carbonyl (C=O) groups excluding carboxylic acids is 1. The number of likely N-dealkylation sites (tertiary alicyclic amines) is 1. The molecule has 1 amide bonds. The van der Waals surface area contributed by atoms with Crippen LogP contribution in [0.4, 0.5) is 8.78 Å².